The van der Waals surface area contributed by atoms with E-state index < -0.39 is 10.0 Å². The summed E-state index contributed by atoms with van der Waals surface area (Å²) >= 11 is 1.53. The molecule has 1 aromatic heterocycles. The summed E-state index contributed by atoms with van der Waals surface area (Å²) in [6, 6.07) is 19.5. The standard InChI is InChI=1S/C20H20N2O3S2/c1-22(15-16-6-3-2-4-7-16)27(24,25)19-11-9-17(10-12-19)21-20(23)14-18-8-5-13-26-18/h2-13H,14-15H2,1H3,(H,21,23). The van der Waals surface area contributed by atoms with Gasteiger partial charge in [0.15, 0.2) is 0 Å². The number of carbonyl (C=O) groups excluding carboxylic acids is 1. The van der Waals surface area contributed by atoms with Crippen LogP contribution in [0.3, 0.4) is 0 Å². The van der Waals surface area contributed by atoms with Crippen molar-refractivity contribution in [1.29, 1.82) is 0 Å². The smallest absolute Gasteiger partial charge is 0.243 e. The molecule has 0 bridgehead atoms. The molecule has 0 unspecified atom stereocenters. The third-order valence-electron chi connectivity index (χ3n) is 4.01. The van der Waals surface area contributed by atoms with Crippen molar-refractivity contribution in [2.75, 3.05) is 12.4 Å². The van der Waals surface area contributed by atoms with Gasteiger partial charge in [0.05, 0.1) is 11.3 Å². The molecule has 3 rings (SSSR count). The molecule has 0 atom stereocenters. The minimum absolute atomic E-state index is 0.130. The lowest BCUT2D eigenvalue weighted by molar-refractivity contribution is -0.115. The van der Waals surface area contributed by atoms with E-state index in [-0.39, 0.29) is 10.8 Å². The Balaban J connectivity index is 1.65. The number of nitrogens with zero attached hydrogens (tertiary/aromatic N) is 1. The molecule has 0 aliphatic heterocycles. The maximum absolute atomic E-state index is 12.7. The molecule has 0 spiro atoms. The number of hydrogen-bond acceptors (Lipinski definition) is 4. The molecule has 0 fully saturated rings. The van der Waals surface area contributed by atoms with Crippen LogP contribution in [-0.4, -0.2) is 25.7 Å². The highest BCUT2D eigenvalue weighted by Crippen LogP contribution is 2.19. The number of amides is 1. The normalized spacial score (nSPS) is 11.5. The first-order valence-corrected chi connectivity index (χ1v) is 10.7. The Hall–Kier alpha value is -2.48. The summed E-state index contributed by atoms with van der Waals surface area (Å²) in [4.78, 5) is 13.2. The molecule has 0 aliphatic carbocycles. The van der Waals surface area contributed by atoms with Crippen molar-refractivity contribution in [1.82, 2.24) is 4.31 Å². The topological polar surface area (TPSA) is 66.5 Å². The molecule has 0 aliphatic rings. The van der Waals surface area contributed by atoms with E-state index in [9.17, 15) is 13.2 Å². The van der Waals surface area contributed by atoms with Gasteiger partial charge in [0.25, 0.3) is 0 Å². The second kappa shape index (κ2) is 8.47. The van der Waals surface area contributed by atoms with Crippen molar-refractivity contribution < 1.29 is 13.2 Å². The Morgan fingerprint density at radius 1 is 1.00 bits per heavy atom. The Kier molecular flexibility index (Phi) is 6.05. The van der Waals surface area contributed by atoms with Crippen molar-refractivity contribution in [2.45, 2.75) is 17.9 Å². The number of hydrogen-bond donors (Lipinski definition) is 1. The molecule has 7 heteroatoms. The molecule has 0 radical (unpaired) electrons. The van der Waals surface area contributed by atoms with E-state index in [4.69, 9.17) is 0 Å². The third kappa shape index (κ3) is 5.03. The third-order valence-corrected chi connectivity index (χ3v) is 6.70. The Bertz CT molecular complexity index is 983. The van der Waals surface area contributed by atoms with E-state index >= 15 is 0 Å². The summed E-state index contributed by atoms with van der Waals surface area (Å²) in [5, 5.41) is 4.71. The van der Waals surface area contributed by atoms with Crippen LogP contribution in [0.1, 0.15) is 10.4 Å². The number of nitrogens with one attached hydrogen (secondary N) is 1. The molecule has 3 aromatic rings. The summed E-state index contributed by atoms with van der Waals surface area (Å²) in [6.45, 7) is 0.294. The van der Waals surface area contributed by atoms with Crippen LogP contribution in [0.2, 0.25) is 0 Å². The first-order chi connectivity index (χ1) is 12.9. The fourth-order valence-corrected chi connectivity index (χ4v) is 4.45. The summed E-state index contributed by atoms with van der Waals surface area (Å²) in [7, 11) is -2.05. The van der Waals surface area contributed by atoms with Crippen LogP contribution in [-0.2, 0) is 27.8 Å². The monoisotopic (exact) mass is 400 g/mol. The van der Waals surface area contributed by atoms with Crippen molar-refractivity contribution in [3.05, 3.63) is 82.6 Å². The van der Waals surface area contributed by atoms with Gasteiger partial charge in [-0.05, 0) is 41.3 Å². The average molecular weight is 401 g/mol. The van der Waals surface area contributed by atoms with Gasteiger partial charge in [-0.1, -0.05) is 36.4 Å². The van der Waals surface area contributed by atoms with Gasteiger partial charge in [-0.25, -0.2) is 8.42 Å². The molecule has 0 saturated carbocycles. The second-order valence-electron chi connectivity index (χ2n) is 6.08. The molecule has 2 aromatic carbocycles. The zero-order chi connectivity index (χ0) is 19.3. The molecular weight excluding hydrogens is 380 g/mol. The van der Waals surface area contributed by atoms with Crippen LogP contribution >= 0.6 is 11.3 Å². The molecule has 0 saturated heterocycles. The number of thiophene rings is 1. The maximum Gasteiger partial charge on any atom is 0.243 e. The highest BCUT2D eigenvalue weighted by Gasteiger charge is 2.20. The van der Waals surface area contributed by atoms with Crippen LogP contribution in [0.15, 0.2) is 77.0 Å². The van der Waals surface area contributed by atoms with Gasteiger partial charge < -0.3 is 5.32 Å². The summed E-state index contributed by atoms with van der Waals surface area (Å²) in [6.07, 6.45) is 0.303. The molecule has 1 N–H and O–H groups in total. The van der Waals surface area contributed by atoms with Gasteiger partial charge in [0.1, 0.15) is 0 Å². The zero-order valence-electron chi connectivity index (χ0n) is 14.8. The SMILES string of the molecule is CN(Cc1ccccc1)S(=O)(=O)c1ccc(NC(=O)Cc2cccs2)cc1. The minimum atomic E-state index is -3.60. The predicted octanol–water partition coefficient (Wildman–Crippen LogP) is 3.75. The summed E-state index contributed by atoms with van der Waals surface area (Å²) in [5.74, 6) is -0.130. The Labute approximate surface area is 163 Å². The quantitative estimate of drug-likeness (QED) is 0.657. The van der Waals surface area contributed by atoms with Crippen LogP contribution in [0.25, 0.3) is 0 Å². The van der Waals surface area contributed by atoms with Gasteiger partial charge in [-0.3, -0.25) is 4.79 Å². The van der Waals surface area contributed by atoms with E-state index in [1.165, 1.54) is 27.8 Å². The lowest BCUT2D eigenvalue weighted by Crippen LogP contribution is -2.26. The molecule has 1 heterocycles. The van der Waals surface area contributed by atoms with E-state index in [2.05, 4.69) is 5.32 Å². The lowest BCUT2D eigenvalue weighted by Gasteiger charge is -2.17. The summed E-state index contributed by atoms with van der Waals surface area (Å²) in [5.41, 5.74) is 1.49. The largest absolute Gasteiger partial charge is 0.326 e. The Morgan fingerprint density at radius 3 is 2.33 bits per heavy atom. The maximum atomic E-state index is 12.7. The number of rotatable bonds is 7. The molecule has 140 valence electrons. The van der Waals surface area contributed by atoms with Crippen molar-refractivity contribution in [3.8, 4) is 0 Å². The minimum Gasteiger partial charge on any atom is -0.326 e. The van der Waals surface area contributed by atoms with Crippen molar-refractivity contribution in [2.24, 2.45) is 0 Å². The number of carbonyl (C=O) groups is 1. The first kappa shape index (κ1) is 19.3. The number of benzene rings is 2. The van der Waals surface area contributed by atoms with E-state index in [1.54, 1.807) is 19.2 Å². The Morgan fingerprint density at radius 2 is 1.70 bits per heavy atom. The highest BCUT2D eigenvalue weighted by atomic mass is 32.2. The predicted molar refractivity (Wildman–Crippen MR) is 108 cm³/mol. The van der Waals surface area contributed by atoms with Gasteiger partial charge in [0.2, 0.25) is 15.9 Å². The van der Waals surface area contributed by atoms with Crippen LogP contribution in [0, 0.1) is 0 Å². The molecular formula is C20H20N2O3S2. The molecule has 27 heavy (non-hydrogen) atoms. The van der Waals surface area contributed by atoms with E-state index in [1.807, 2.05) is 47.8 Å². The zero-order valence-corrected chi connectivity index (χ0v) is 16.5. The van der Waals surface area contributed by atoms with Gasteiger partial charge in [-0.2, -0.15) is 4.31 Å². The number of sulfonamides is 1. The molecule has 5 nitrogen and oxygen atoms in total. The second-order valence-corrected chi connectivity index (χ2v) is 9.15. The van der Waals surface area contributed by atoms with Crippen LogP contribution < -0.4 is 5.32 Å². The fourth-order valence-electron chi connectivity index (χ4n) is 2.59. The van der Waals surface area contributed by atoms with Gasteiger partial charge >= 0.3 is 0 Å². The number of anilines is 1. The van der Waals surface area contributed by atoms with E-state index in [0.717, 1.165) is 10.4 Å². The fraction of sp³-hybridized carbons (Fsp3) is 0.150. The average Bonchev–Trinajstić information content (AvgIpc) is 3.16. The first-order valence-electron chi connectivity index (χ1n) is 8.38. The van der Waals surface area contributed by atoms with Gasteiger partial charge in [-0.15, -0.1) is 11.3 Å². The van der Waals surface area contributed by atoms with Crippen molar-refractivity contribution in [3.63, 3.8) is 0 Å². The molecule has 1 amide bonds. The van der Waals surface area contributed by atoms with Gasteiger partial charge in [0, 0.05) is 24.2 Å². The highest BCUT2D eigenvalue weighted by molar-refractivity contribution is 7.89. The van der Waals surface area contributed by atoms with E-state index in [0.29, 0.717) is 18.7 Å². The van der Waals surface area contributed by atoms with Crippen LogP contribution in [0.5, 0.6) is 0 Å². The van der Waals surface area contributed by atoms with Crippen LogP contribution in [0.4, 0.5) is 5.69 Å². The summed E-state index contributed by atoms with van der Waals surface area (Å²) < 4.78 is 26.8. The lowest BCUT2D eigenvalue weighted by atomic mass is 10.2. The van der Waals surface area contributed by atoms with Crippen molar-refractivity contribution >= 4 is 33.0 Å².